The van der Waals surface area contributed by atoms with Crippen molar-refractivity contribution in [3.05, 3.63) is 48.6 Å². The first-order chi connectivity index (χ1) is 7.83. The maximum absolute atomic E-state index is 11.4. The third-order valence-corrected chi connectivity index (χ3v) is 2.37. The van der Waals surface area contributed by atoms with E-state index < -0.39 is 0 Å². The minimum Gasteiger partial charge on any atom is -0.307 e. The Morgan fingerprint density at radius 3 is 2.75 bits per heavy atom. The van der Waals surface area contributed by atoms with Crippen LogP contribution in [-0.4, -0.2) is 18.9 Å². The van der Waals surface area contributed by atoms with Crippen LogP contribution in [0, 0.1) is 0 Å². The predicted octanol–water partition coefficient (Wildman–Crippen LogP) is 2.35. The third kappa shape index (κ3) is 5.47. The van der Waals surface area contributed by atoms with E-state index in [-0.39, 0.29) is 5.78 Å². The maximum Gasteiger partial charge on any atom is 0.146 e. The summed E-state index contributed by atoms with van der Waals surface area (Å²) in [4.78, 5) is 11.4. The monoisotopic (exact) mass is 217 g/mol. The summed E-state index contributed by atoms with van der Waals surface area (Å²) >= 11 is 0. The van der Waals surface area contributed by atoms with Gasteiger partial charge in [0, 0.05) is 13.0 Å². The summed E-state index contributed by atoms with van der Waals surface area (Å²) in [5.41, 5.74) is 1.30. The average molecular weight is 217 g/mol. The fourth-order valence-electron chi connectivity index (χ4n) is 1.54. The highest BCUT2D eigenvalue weighted by atomic mass is 16.1. The zero-order valence-electron chi connectivity index (χ0n) is 9.61. The SMILES string of the molecule is C=CCNCC(=O)CCCc1ccccc1. The second-order valence-electron chi connectivity index (χ2n) is 3.80. The Morgan fingerprint density at radius 2 is 2.06 bits per heavy atom. The molecule has 86 valence electrons. The van der Waals surface area contributed by atoms with Gasteiger partial charge < -0.3 is 5.32 Å². The first-order valence-corrected chi connectivity index (χ1v) is 5.70. The molecule has 0 saturated heterocycles. The molecule has 0 atom stereocenters. The number of aryl methyl sites for hydroxylation is 1. The third-order valence-electron chi connectivity index (χ3n) is 2.37. The second kappa shape index (κ2) is 7.83. The molecule has 16 heavy (non-hydrogen) atoms. The predicted molar refractivity (Wildman–Crippen MR) is 67.5 cm³/mol. The molecule has 0 bridgehead atoms. The zero-order chi connectivity index (χ0) is 11.6. The number of carbonyl (C=O) groups is 1. The first-order valence-electron chi connectivity index (χ1n) is 5.70. The normalized spacial score (nSPS) is 10.0. The van der Waals surface area contributed by atoms with Crippen LogP contribution < -0.4 is 5.32 Å². The zero-order valence-corrected chi connectivity index (χ0v) is 9.61. The lowest BCUT2D eigenvalue weighted by molar-refractivity contribution is -0.118. The van der Waals surface area contributed by atoms with Crippen molar-refractivity contribution in [1.29, 1.82) is 0 Å². The van der Waals surface area contributed by atoms with E-state index in [1.807, 2.05) is 18.2 Å². The van der Waals surface area contributed by atoms with Crippen LogP contribution >= 0.6 is 0 Å². The van der Waals surface area contributed by atoms with Gasteiger partial charge in [-0.1, -0.05) is 36.4 Å². The van der Waals surface area contributed by atoms with Gasteiger partial charge in [0.25, 0.3) is 0 Å². The molecular formula is C14H19NO. The van der Waals surface area contributed by atoms with Gasteiger partial charge in [-0.25, -0.2) is 0 Å². The largest absolute Gasteiger partial charge is 0.307 e. The highest BCUT2D eigenvalue weighted by molar-refractivity contribution is 5.80. The van der Waals surface area contributed by atoms with Gasteiger partial charge in [-0.3, -0.25) is 4.79 Å². The molecule has 0 aliphatic carbocycles. The van der Waals surface area contributed by atoms with Gasteiger partial charge in [-0.2, -0.15) is 0 Å². The van der Waals surface area contributed by atoms with Crippen LogP contribution in [0.3, 0.4) is 0 Å². The molecule has 0 amide bonds. The van der Waals surface area contributed by atoms with E-state index >= 15 is 0 Å². The molecule has 0 aliphatic rings. The molecule has 1 aromatic rings. The van der Waals surface area contributed by atoms with Crippen molar-refractivity contribution < 1.29 is 4.79 Å². The Hall–Kier alpha value is -1.41. The number of nitrogens with one attached hydrogen (secondary N) is 1. The molecule has 0 saturated carbocycles. The highest BCUT2D eigenvalue weighted by Gasteiger charge is 2.00. The van der Waals surface area contributed by atoms with Gasteiger partial charge in [0.2, 0.25) is 0 Å². The lowest BCUT2D eigenvalue weighted by atomic mass is 10.1. The lowest BCUT2D eigenvalue weighted by Gasteiger charge is -2.02. The summed E-state index contributed by atoms with van der Waals surface area (Å²) in [5, 5.41) is 3.02. The molecule has 2 heteroatoms. The van der Waals surface area contributed by atoms with E-state index in [1.54, 1.807) is 6.08 Å². The quantitative estimate of drug-likeness (QED) is 0.535. The Morgan fingerprint density at radius 1 is 1.31 bits per heavy atom. The Kier molecular flexibility index (Phi) is 6.19. The molecule has 0 fully saturated rings. The second-order valence-corrected chi connectivity index (χ2v) is 3.80. The van der Waals surface area contributed by atoms with Gasteiger partial charge in [0.1, 0.15) is 5.78 Å². The van der Waals surface area contributed by atoms with E-state index in [0.717, 1.165) is 12.8 Å². The van der Waals surface area contributed by atoms with Crippen LogP contribution in [-0.2, 0) is 11.2 Å². The van der Waals surface area contributed by atoms with Crippen molar-refractivity contribution in [2.45, 2.75) is 19.3 Å². The standard InChI is InChI=1S/C14H19NO/c1-2-11-15-12-14(16)10-6-9-13-7-4-3-5-8-13/h2-5,7-8,15H,1,6,9-12H2. The van der Waals surface area contributed by atoms with Gasteiger partial charge in [0.05, 0.1) is 6.54 Å². The van der Waals surface area contributed by atoms with E-state index in [0.29, 0.717) is 19.5 Å². The van der Waals surface area contributed by atoms with Crippen LogP contribution in [0.25, 0.3) is 0 Å². The molecule has 2 nitrogen and oxygen atoms in total. The van der Waals surface area contributed by atoms with Crippen molar-refractivity contribution in [3.63, 3.8) is 0 Å². The van der Waals surface area contributed by atoms with E-state index in [1.165, 1.54) is 5.56 Å². The van der Waals surface area contributed by atoms with Crippen molar-refractivity contribution >= 4 is 5.78 Å². The van der Waals surface area contributed by atoms with Crippen molar-refractivity contribution in [2.24, 2.45) is 0 Å². The smallest absolute Gasteiger partial charge is 0.146 e. The summed E-state index contributed by atoms with van der Waals surface area (Å²) in [6.07, 6.45) is 4.32. The number of hydrogen-bond donors (Lipinski definition) is 1. The van der Waals surface area contributed by atoms with E-state index in [2.05, 4.69) is 24.0 Å². The van der Waals surface area contributed by atoms with E-state index in [4.69, 9.17) is 0 Å². The average Bonchev–Trinajstić information content (AvgIpc) is 2.31. The topological polar surface area (TPSA) is 29.1 Å². The molecule has 0 unspecified atom stereocenters. The number of ketones is 1. The summed E-state index contributed by atoms with van der Waals surface area (Å²) in [7, 11) is 0. The van der Waals surface area contributed by atoms with Crippen LogP contribution in [0.4, 0.5) is 0 Å². The van der Waals surface area contributed by atoms with Crippen LogP contribution in [0.1, 0.15) is 18.4 Å². The van der Waals surface area contributed by atoms with Gasteiger partial charge >= 0.3 is 0 Å². The number of benzene rings is 1. The molecule has 1 rings (SSSR count). The molecule has 1 aromatic carbocycles. The summed E-state index contributed by atoms with van der Waals surface area (Å²) in [6.45, 7) is 4.74. The Bertz CT molecular complexity index is 319. The number of rotatable bonds is 8. The molecule has 0 spiro atoms. The summed E-state index contributed by atoms with van der Waals surface area (Å²) in [6, 6.07) is 10.3. The van der Waals surface area contributed by atoms with Crippen LogP contribution in [0.15, 0.2) is 43.0 Å². The number of Topliss-reactive ketones (excluding diaryl/α,β-unsaturated/α-hetero) is 1. The fraction of sp³-hybridized carbons (Fsp3) is 0.357. The van der Waals surface area contributed by atoms with Crippen molar-refractivity contribution in [3.8, 4) is 0 Å². The van der Waals surface area contributed by atoms with Crippen molar-refractivity contribution in [1.82, 2.24) is 5.32 Å². The maximum atomic E-state index is 11.4. The summed E-state index contributed by atoms with van der Waals surface area (Å²) < 4.78 is 0. The van der Waals surface area contributed by atoms with Crippen LogP contribution in [0.2, 0.25) is 0 Å². The number of carbonyl (C=O) groups excluding carboxylic acids is 1. The van der Waals surface area contributed by atoms with Crippen LogP contribution in [0.5, 0.6) is 0 Å². The minimum absolute atomic E-state index is 0.276. The molecular weight excluding hydrogens is 198 g/mol. The molecule has 0 aliphatic heterocycles. The molecule has 0 radical (unpaired) electrons. The van der Waals surface area contributed by atoms with E-state index in [9.17, 15) is 4.79 Å². The molecule has 1 N–H and O–H groups in total. The first kappa shape index (κ1) is 12.7. The highest BCUT2D eigenvalue weighted by Crippen LogP contribution is 2.04. The van der Waals surface area contributed by atoms with Crippen molar-refractivity contribution in [2.75, 3.05) is 13.1 Å². The van der Waals surface area contributed by atoms with Gasteiger partial charge in [0.15, 0.2) is 0 Å². The van der Waals surface area contributed by atoms with Gasteiger partial charge in [-0.15, -0.1) is 6.58 Å². The number of hydrogen-bond acceptors (Lipinski definition) is 2. The van der Waals surface area contributed by atoms with Gasteiger partial charge in [-0.05, 0) is 18.4 Å². The summed E-state index contributed by atoms with van der Waals surface area (Å²) in [5.74, 6) is 0.276. The Balaban J connectivity index is 2.11. The molecule has 0 heterocycles. The molecule has 0 aromatic heterocycles. The lowest BCUT2D eigenvalue weighted by Crippen LogP contribution is -2.22. The minimum atomic E-state index is 0.276. The fourth-order valence-corrected chi connectivity index (χ4v) is 1.54. The Labute approximate surface area is 97.4 Å².